The molecule has 228 valence electrons. The number of nitrogens with one attached hydrogen (secondary N) is 1. The molecule has 2 aromatic rings. The Morgan fingerprint density at radius 2 is 1.67 bits per heavy atom. The van der Waals surface area contributed by atoms with Crippen LogP contribution >= 0.6 is 11.6 Å². The SMILES string of the molecule is CC(=O)NC(C)(C)[C@H]1CC2(CCN(C(=O)[C@@H]3CN(C(C)(C)C)C[C@H]3c3ccc(F)cc3F)CC2)c2cc(Cl)c(C)cc21. The van der Waals surface area contributed by atoms with E-state index in [1.165, 1.54) is 23.3 Å². The molecule has 1 spiro atoms. The second kappa shape index (κ2) is 10.9. The zero-order valence-electron chi connectivity index (χ0n) is 25.9. The van der Waals surface area contributed by atoms with Gasteiger partial charge in [0, 0.05) is 67.1 Å². The molecule has 1 N–H and O–H groups in total. The van der Waals surface area contributed by atoms with E-state index in [2.05, 4.69) is 57.0 Å². The van der Waals surface area contributed by atoms with Crippen molar-refractivity contribution in [3.63, 3.8) is 0 Å². The Morgan fingerprint density at radius 1 is 1.00 bits per heavy atom. The summed E-state index contributed by atoms with van der Waals surface area (Å²) in [5, 5.41) is 3.91. The minimum Gasteiger partial charge on any atom is -0.351 e. The number of fused-ring (bicyclic) bond motifs is 2. The number of likely N-dealkylation sites (tertiary alicyclic amines) is 2. The van der Waals surface area contributed by atoms with Crippen molar-refractivity contribution in [2.24, 2.45) is 5.92 Å². The molecule has 42 heavy (non-hydrogen) atoms. The first-order valence-corrected chi connectivity index (χ1v) is 15.5. The van der Waals surface area contributed by atoms with Gasteiger partial charge in [-0.05, 0) is 101 Å². The lowest BCUT2D eigenvalue weighted by molar-refractivity contribution is -0.137. The second-order valence-corrected chi connectivity index (χ2v) is 14.8. The Labute approximate surface area is 254 Å². The lowest BCUT2D eigenvalue weighted by atomic mass is 9.71. The zero-order chi connectivity index (χ0) is 30.8. The van der Waals surface area contributed by atoms with Gasteiger partial charge in [0.2, 0.25) is 11.8 Å². The number of piperidine rings is 1. The molecule has 0 radical (unpaired) electrons. The number of carbonyl (C=O) groups excluding carboxylic acids is 2. The van der Waals surface area contributed by atoms with Crippen LogP contribution < -0.4 is 5.32 Å². The van der Waals surface area contributed by atoms with Crippen molar-refractivity contribution < 1.29 is 18.4 Å². The van der Waals surface area contributed by atoms with Crippen LogP contribution in [0.4, 0.5) is 8.78 Å². The fourth-order valence-electron chi connectivity index (χ4n) is 7.83. The number of hydrogen-bond donors (Lipinski definition) is 1. The summed E-state index contributed by atoms with van der Waals surface area (Å²) in [7, 11) is 0. The van der Waals surface area contributed by atoms with Gasteiger partial charge in [0.1, 0.15) is 11.6 Å². The van der Waals surface area contributed by atoms with Crippen molar-refractivity contribution >= 4 is 23.4 Å². The quantitative estimate of drug-likeness (QED) is 0.425. The van der Waals surface area contributed by atoms with Crippen LogP contribution in [0.2, 0.25) is 5.02 Å². The fraction of sp³-hybridized carbons (Fsp3) is 0.588. The molecule has 2 amide bonds. The highest BCUT2D eigenvalue weighted by Gasteiger charge is 2.52. The number of benzene rings is 2. The molecule has 2 fully saturated rings. The zero-order valence-corrected chi connectivity index (χ0v) is 26.7. The molecule has 3 atom stereocenters. The first-order chi connectivity index (χ1) is 19.5. The fourth-order valence-corrected chi connectivity index (χ4v) is 7.99. The summed E-state index contributed by atoms with van der Waals surface area (Å²) < 4.78 is 28.8. The maximum absolute atomic E-state index is 15.0. The van der Waals surface area contributed by atoms with E-state index in [0.717, 1.165) is 35.9 Å². The largest absolute Gasteiger partial charge is 0.351 e. The van der Waals surface area contributed by atoms with Crippen LogP contribution in [0.25, 0.3) is 0 Å². The Hall–Kier alpha value is -2.51. The average molecular weight is 600 g/mol. The Morgan fingerprint density at radius 3 is 2.26 bits per heavy atom. The van der Waals surface area contributed by atoms with E-state index in [-0.39, 0.29) is 34.6 Å². The van der Waals surface area contributed by atoms with Crippen LogP contribution in [0, 0.1) is 24.5 Å². The summed E-state index contributed by atoms with van der Waals surface area (Å²) in [6.07, 6.45) is 2.47. The van der Waals surface area contributed by atoms with Crippen molar-refractivity contribution in [2.45, 2.75) is 96.1 Å². The molecule has 2 heterocycles. The van der Waals surface area contributed by atoms with Crippen LogP contribution in [-0.4, -0.2) is 58.9 Å². The maximum atomic E-state index is 15.0. The first-order valence-electron chi connectivity index (χ1n) is 15.1. The Balaban J connectivity index is 1.40. The molecule has 1 aliphatic carbocycles. The number of amides is 2. The summed E-state index contributed by atoms with van der Waals surface area (Å²) >= 11 is 6.66. The molecule has 5 nitrogen and oxygen atoms in total. The topological polar surface area (TPSA) is 52.7 Å². The Bertz CT molecular complexity index is 1390. The molecule has 2 saturated heterocycles. The monoisotopic (exact) mass is 599 g/mol. The predicted octanol–water partition coefficient (Wildman–Crippen LogP) is 6.70. The highest BCUT2D eigenvalue weighted by Crippen LogP contribution is 2.56. The van der Waals surface area contributed by atoms with Crippen molar-refractivity contribution in [1.29, 1.82) is 0 Å². The van der Waals surface area contributed by atoms with Gasteiger partial charge < -0.3 is 10.2 Å². The van der Waals surface area contributed by atoms with E-state index in [1.807, 2.05) is 11.8 Å². The van der Waals surface area contributed by atoms with Gasteiger partial charge in [0.15, 0.2) is 0 Å². The smallest absolute Gasteiger partial charge is 0.227 e. The second-order valence-electron chi connectivity index (χ2n) is 14.4. The molecular formula is C34H44ClF2N3O2. The minimum absolute atomic E-state index is 0.0422. The third-order valence-corrected chi connectivity index (χ3v) is 10.6. The number of carbonyl (C=O) groups is 2. The van der Waals surface area contributed by atoms with E-state index in [1.54, 1.807) is 6.92 Å². The highest BCUT2D eigenvalue weighted by molar-refractivity contribution is 6.31. The Kier molecular flexibility index (Phi) is 8.02. The summed E-state index contributed by atoms with van der Waals surface area (Å²) in [6.45, 7) is 16.3. The van der Waals surface area contributed by atoms with Crippen LogP contribution in [-0.2, 0) is 15.0 Å². The van der Waals surface area contributed by atoms with Gasteiger partial charge in [-0.25, -0.2) is 8.78 Å². The number of nitrogens with zero attached hydrogens (tertiary/aromatic N) is 2. The van der Waals surface area contributed by atoms with E-state index in [9.17, 15) is 18.4 Å². The van der Waals surface area contributed by atoms with Crippen LogP contribution in [0.15, 0.2) is 30.3 Å². The van der Waals surface area contributed by atoms with Gasteiger partial charge in [0.25, 0.3) is 0 Å². The molecule has 3 aliphatic rings. The van der Waals surface area contributed by atoms with Gasteiger partial charge in [-0.3, -0.25) is 14.5 Å². The average Bonchev–Trinajstić information content (AvgIpc) is 3.45. The molecule has 0 unspecified atom stereocenters. The van der Waals surface area contributed by atoms with Gasteiger partial charge in [-0.15, -0.1) is 0 Å². The van der Waals surface area contributed by atoms with Crippen LogP contribution in [0.3, 0.4) is 0 Å². The summed E-state index contributed by atoms with van der Waals surface area (Å²) in [5.74, 6) is -1.84. The first kappa shape index (κ1) is 30.9. The van der Waals surface area contributed by atoms with Crippen molar-refractivity contribution in [2.75, 3.05) is 26.2 Å². The standard InChI is InChI=1S/C34H44ClF2N3O2/c1-20-14-24-27(16-29(20)35)34(17-28(24)33(6,7)38-21(2)41)10-12-39(13-11-34)31(42)26-19-40(32(3,4)5)18-25(26)23-9-8-22(36)15-30(23)37/h8-9,14-16,25-26,28H,10-13,17-19H2,1-7H3,(H,38,41)/t25-,26+,28-/m0/s1. The molecule has 0 bridgehead atoms. The molecule has 2 aromatic carbocycles. The molecule has 2 aliphatic heterocycles. The van der Waals surface area contributed by atoms with Crippen LogP contribution in [0.1, 0.15) is 94.9 Å². The van der Waals surface area contributed by atoms with E-state index in [0.29, 0.717) is 31.7 Å². The maximum Gasteiger partial charge on any atom is 0.227 e. The predicted molar refractivity (Wildman–Crippen MR) is 163 cm³/mol. The summed E-state index contributed by atoms with van der Waals surface area (Å²) in [5.41, 5.74) is 3.14. The van der Waals surface area contributed by atoms with Gasteiger partial charge in [-0.2, -0.15) is 0 Å². The third-order valence-electron chi connectivity index (χ3n) is 10.2. The third kappa shape index (κ3) is 5.59. The van der Waals surface area contributed by atoms with E-state index < -0.39 is 23.1 Å². The lowest BCUT2D eigenvalue weighted by Crippen LogP contribution is -2.49. The summed E-state index contributed by atoms with van der Waals surface area (Å²) in [6, 6.07) is 8.00. The van der Waals surface area contributed by atoms with Crippen LogP contribution in [0.5, 0.6) is 0 Å². The molecule has 8 heteroatoms. The number of halogens is 3. The lowest BCUT2D eigenvalue weighted by Gasteiger charge is -2.42. The summed E-state index contributed by atoms with van der Waals surface area (Å²) in [4.78, 5) is 30.4. The minimum atomic E-state index is -0.613. The van der Waals surface area contributed by atoms with Crippen molar-refractivity contribution in [1.82, 2.24) is 15.1 Å². The molecular weight excluding hydrogens is 556 g/mol. The number of rotatable bonds is 4. The molecule has 5 rings (SSSR count). The van der Waals surface area contributed by atoms with Gasteiger partial charge in [0.05, 0.1) is 5.92 Å². The molecule has 0 saturated carbocycles. The van der Waals surface area contributed by atoms with E-state index in [4.69, 9.17) is 11.6 Å². The van der Waals surface area contributed by atoms with Crippen molar-refractivity contribution in [3.05, 3.63) is 69.2 Å². The highest BCUT2D eigenvalue weighted by atomic mass is 35.5. The number of hydrogen-bond acceptors (Lipinski definition) is 3. The molecule has 0 aromatic heterocycles. The van der Waals surface area contributed by atoms with E-state index >= 15 is 0 Å². The normalized spacial score (nSPS) is 24.2. The van der Waals surface area contributed by atoms with Gasteiger partial charge >= 0.3 is 0 Å². The van der Waals surface area contributed by atoms with Gasteiger partial charge in [-0.1, -0.05) is 23.7 Å². The number of aryl methyl sites for hydroxylation is 1. The van der Waals surface area contributed by atoms with Crippen molar-refractivity contribution in [3.8, 4) is 0 Å².